The van der Waals surface area contributed by atoms with Gasteiger partial charge in [0.25, 0.3) is 0 Å². The maximum atomic E-state index is 12.6. The molecule has 0 aliphatic rings. The first-order valence-corrected chi connectivity index (χ1v) is 9.21. The van der Waals surface area contributed by atoms with Crippen LogP contribution in [0.25, 0.3) is 0 Å². The third kappa shape index (κ3) is 5.98. The Bertz CT molecular complexity index is 736. The van der Waals surface area contributed by atoms with Crippen LogP contribution in [0.5, 0.6) is 0 Å². The number of halogens is 1. The highest BCUT2D eigenvalue weighted by atomic mass is 35.5. The maximum Gasteiger partial charge on any atom is 0.357 e. The average molecular weight is 398 g/mol. The summed E-state index contributed by atoms with van der Waals surface area (Å²) in [6, 6.07) is 6.54. The number of aromatic nitrogens is 1. The number of carbonyl (C=O) groups excluding carboxylic acids is 2. The lowest BCUT2D eigenvalue weighted by Gasteiger charge is -2.21. The summed E-state index contributed by atoms with van der Waals surface area (Å²) in [6.45, 7) is 3.04. The molecule has 0 saturated heterocycles. The minimum Gasteiger partial charge on any atom is -0.461 e. The monoisotopic (exact) mass is 397 g/mol. The molecule has 0 spiro atoms. The topological polar surface area (TPSA) is 80.8 Å². The number of anilines is 1. The van der Waals surface area contributed by atoms with E-state index in [0.29, 0.717) is 28.9 Å². The fourth-order valence-corrected chi connectivity index (χ4v) is 2.94. The predicted molar refractivity (Wildman–Crippen MR) is 101 cm³/mol. The smallest absolute Gasteiger partial charge is 0.357 e. The molecule has 140 valence electrons. The van der Waals surface area contributed by atoms with Gasteiger partial charge in [0.2, 0.25) is 0 Å². The third-order valence-electron chi connectivity index (χ3n) is 3.31. The summed E-state index contributed by atoms with van der Waals surface area (Å²) in [5.41, 5.74) is 0.879. The number of carbonyl (C=O) groups is 2. The van der Waals surface area contributed by atoms with Gasteiger partial charge in [0, 0.05) is 29.7 Å². The highest BCUT2D eigenvalue weighted by molar-refractivity contribution is 7.09. The van der Waals surface area contributed by atoms with E-state index < -0.39 is 5.97 Å². The van der Waals surface area contributed by atoms with Gasteiger partial charge in [-0.2, -0.15) is 0 Å². The summed E-state index contributed by atoms with van der Waals surface area (Å²) in [6.07, 6.45) is 0. The standard InChI is InChI=1S/C17H20ClN3O4S/c1-3-25-16(22)14-11-26-15(20-14)10-21(8-9-24-2)17(23)19-13-6-4-12(18)5-7-13/h4-7,11H,3,8-10H2,1-2H3,(H,19,23). The van der Waals surface area contributed by atoms with Gasteiger partial charge in [-0.1, -0.05) is 11.6 Å². The van der Waals surface area contributed by atoms with E-state index in [4.69, 9.17) is 21.1 Å². The third-order valence-corrected chi connectivity index (χ3v) is 4.40. The lowest BCUT2D eigenvalue weighted by Crippen LogP contribution is -2.36. The van der Waals surface area contributed by atoms with Crippen molar-refractivity contribution in [2.24, 2.45) is 0 Å². The normalized spacial score (nSPS) is 10.4. The van der Waals surface area contributed by atoms with E-state index in [2.05, 4.69) is 10.3 Å². The zero-order valence-corrected chi connectivity index (χ0v) is 16.1. The summed E-state index contributed by atoms with van der Waals surface area (Å²) < 4.78 is 10.0. The lowest BCUT2D eigenvalue weighted by molar-refractivity contribution is 0.0520. The van der Waals surface area contributed by atoms with Crippen LogP contribution < -0.4 is 5.32 Å². The first kappa shape index (κ1) is 20.2. The second-order valence-electron chi connectivity index (χ2n) is 5.20. The van der Waals surface area contributed by atoms with Crippen molar-refractivity contribution in [3.05, 3.63) is 45.4 Å². The van der Waals surface area contributed by atoms with Crippen LogP contribution in [0.15, 0.2) is 29.6 Å². The number of methoxy groups -OCH3 is 1. The van der Waals surface area contributed by atoms with Gasteiger partial charge >= 0.3 is 12.0 Å². The maximum absolute atomic E-state index is 12.6. The Kier molecular flexibility index (Phi) is 7.83. The van der Waals surface area contributed by atoms with E-state index in [1.54, 1.807) is 48.6 Å². The van der Waals surface area contributed by atoms with Crippen LogP contribution >= 0.6 is 22.9 Å². The molecule has 0 aliphatic heterocycles. The summed E-state index contributed by atoms with van der Waals surface area (Å²) >= 11 is 7.15. The van der Waals surface area contributed by atoms with Crippen molar-refractivity contribution in [1.82, 2.24) is 9.88 Å². The van der Waals surface area contributed by atoms with E-state index in [1.807, 2.05) is 0 Å². The number of urea groups is 1. The Morgan fingerprint density at radius 1 is 1.31 bits per heavy atom. The number of ether oxygens (including phenoxy) is 2. The first-order valence-electron chi connectivity index (χ1n) is 7.95. The fraction of sp³-hybridized carbons (Fsp3) is 0.353. The number of esters is 1. The van der Waals surface area contributed by atoms with Gasteiger partial charge < -0.3 is 19.7 Å². The predicted octanol–water partition coefficient (Wildman–Crippen LogP) is 3.65. The second-order valence-corrected chi connectivity index (χ2v) is 6.58. The molecular weight excluding hydrogens is 378 g/mol. The van der Waals surface area contributed by atoms with Crippen LogP contribution in [-0.2, 0) is 16.0 Å². The van der Waals surface area contributed by atoms with Crippen LogP contribution in [0.1, 0.15) is 22.4 Å². The summed E-state index contributed by atoms with van der Waals surface area (Å²) in [5, 5.41) is 5.66. The van der Waals surface area contributed by atoms with E-state index in [9.17, 15) is 9.59 Å². The first-order chi connectivity index (χ1) is 12.5. The Morgan fingerprint density at radius 3 is 2.69 bits per heavy atom. The van der Waals surface area contributed by atoms with Crippen molar-refractivity contribution < 1.29 is 19.1 Å². The number of benzene rings is 1. The van der Waals surface area contributed by atoms with Crippen molar-refractivity contribution in [2.75, 3.05) is 32.2 Å². The summed E-state index contributed by atoms with van der Waals surface area (Å²) in [5.74, 6) is -0.468. The molecule has 0 fully saturated rings. The minimum absolute atomic E-state index is 0.247. The fourth-order valence-electron chi connectivity index (χ4n) is 2.04. The van der Waals surface area contributed by atoms with Crippen molar-refractivity contribution in [3.8, 4) is 0 Å². The van der Waals surface area contributed by atoms with Gasteiger partial charge in [0.1, 0.15) is 5.01 Å². The quantitative estimate of drug-likeness (QED) is 0.687. The van der Waals surface area contributed by atoms with E-state index in [0.717, 1.165) is 0 Å². The minimum atomic E-state index is -0.468. The largest absolute Gasteiger partial charge is 0.461 e. The van der Waals surface area contributed by atoms with Crippen LogP contribution in [-0.4, -0.2) is 48.8 Å². The number of rotatable bonds is 8. The molecule has 0 atom stereocenters. The second kappa shape index (κ2) is 10.1. The molecule has 26 heavy (non-hydrogen) atoms. The molecule has 1 aromatic carbocycles. The molecule has 9 heteroatoms. The van der Waals surface area contributed by atoms with Crippen LogP contribution in [0.2, 0.25) is 5.02 Å². The van der Waals surface area contributed by atoms with Crippen molar-refractivity contribution >= 4 is 40.6 Å². The molecule has 1 heterocycles. The SMILES string of the molecule is CCOC(=O)c1csc(CN(CCOC)C(=O)Nc2ccc(Cl)cc2)n1. The zero-order valence-electron chi connectivity index (χ0n) is 14.5. The molecule has 2 amide bonds. The average Bonchev–Trinajstić information content (AvgIpc) is 3.09. The van der Waals surface area contributed by atoms with Crippen molar-refractivity contribution in [1.29, 1.82) is 0 Å². The molecule has 0 bridgehead atoms. The lowest BCUT2D eigenvalue weighted by atomic mass is 10.3. The number of nitrogens with one attached hydrogen (secondary N) is 1. The Hall–Kier alpha value is -2.16. The number of nitrogens with zero attached hydrogens (tertiary/aromatic N) is 2. The van der Waals surface area contributed by atoms with E-state index in [-0.39, 0.29) is 24.9 Å². The highest BCUT2D eigenvalue weighted by Gasteiger charge is 2.18. The zero-order chi connectivity index (χ0) is 18.9. The summed E-state index contributed by atoms with van der Waals surface area (Å²) in [7, 11) is 1.57. The number of hydrogen-bond acceptors (Lipinski definition) is 6. The number of thiazole rings is 1. The van der Waals surface area contributed by atoms with Gasteiger partial charge in [-0.25, -0.2) is 14.6 Å². The Morgan fingerprint density at radius 2 is 2.04 bits per heavy atom. The molecule has 1 aromatic heterocycles. The van der Waals surface area contributed by atoms with Gasteiger partial charge in [0.05, 0.1) is 19.8 Å². The van der Waals surface area contributed by atoms with Crippen LogP contribution in [0, 0.1) is 0 Å². The van der Waals surface area contributed by atoms with Gasteiger partial charge in [-0.05, 0) is 31.2 Å². The van der Waals surface area contributed by atoms with Gasteiger partial charge in [-0.3, -0.25) is 0 Å². The molecule has 0 unspecified atom stereocenters. The molecule has 0 saturated carbocycles. The molecule has 0 aliphatic carbocycles. The summed E-state index contributed by atoms with van der Waals surface area (Å²) in [4.78, 5) is 30.1. The Labute approximate surface area is 160 Å². The number of hydrogen-bond donors (Lipinski definition) is 1. The van der Waals surface area contributed by atoms with Gasteiger partial charge in [0.15, 0.2) is 5.69 Å². The van der Waals surface area contributed by atoms with Crippen LogP contribution in [0.4, 0.5) is 10.5 Å². The van der Waals surface area contributed by atoms with Crippen molar-refractivity contribution in [3.63, 3.8) is 0 Å². The van der Waals surface area contributed by atoms with Gasteiger partial charge in [-0.15, -0.1) is 11.3 Å². The molecular formula is C17H20ClN3O4S. The van der Waals surface area contributed by atoms with E-state index >= 15 is 0 Å². The molecule has 7 nitrogen and oxygen atoms in total. The van der Waals surface area contributed by atoms with E-state index in [1.165, 1.54) is 11.3 Å². The van der Waals surface area contributed by atoms with Crippen LogP contribution in [0.3, 0.4) is 0 Å². The molecule has 2 aromatic rings. The number of amides is 2. The van der Waals surface area contributed by atoms with Crippen molar-refractivity contribution in [2.45, 2.75) is 13.5 Å². The highest BCUT2D eigenvalue weighted by Crippen LogP contribution is 2.16. The molecule has 0 radical (unpaired) electrons. The molecule has 2 rings (SSSR count). The Balaban J connectivity index is 2.05. The molecule has 1 N–H and O–H groups in total.